The average Bonchev–Trinajstić information content (AvgIpc) is 2.37. The van der Waals surface area contributed by atoms with E-state index in [2.05, 4.69) is 5.32 Å². The van der Waals surface area contributed by atoms with Crippen molar-refractivity contribution >= 4 is 40.8 Å². The Labute approximate surface area is 127 Å². The molecule has 2 rings (SSSR count). The molecule has 108 valence electrons. The largest absolute Gasteiger partial charge is 0.339 e. The fraction of sp³-hybridized carbons (Fsp3) is 0.385. The second kappa shape index (κ2) is 6.33. The van der Waals surface area contributed by atoms with Crippen molar-refractivity contribution in [1.29, 1.82) is 0 Å². The van der Waals surface area contributed by atoms with E-state index in [1.165, 1.54) is 6.92 Å². The Morgan fingerprint density at radius 2 is 1.50 bits per heavy atom. The van der Waals surface area contributed by atoms with E-state index in [4.69, 9.17) is 23.2 Å². The van der Waals surface area contributed by atoms with Crippen LogP contribution in [0.4, 0.5) is 10.5 Å². The molecule has 0 aromatic heterocycles. The molecular formula is C13H15Cl2N3O2. The maximum Gasteiger partial charge on any atom is 0.321 e. The molecular weight excluding hydrogens is 301 g/mol. The zero-order chi connectivity index (χ0) is 14.7. The highest BCUT2D eigenvalue weighted by molar-refractivity contribution is 6.35. The van der Waals surface area contributed by atoms with Crippen molar-refractivity contribution in [2.24, 2.45) is 0 Å². The van der Waals surface area contributed by atoms with Crippen molar-refractivity contribution in [3.05, 3.63) is 28.2 Å². The van der Waals surface area contributed by atoms with Gasteiger partial charge in [-0.1, -0.05) is 23.2 Å². The highest BCUT2D eigenvalue weighted by Crippen LogP contribution is 2.22. The van der Waals surface area contributed by atoms with Gasteiger partial charge in [-0.15, -0.1) is 0 Å². The summed E-state index contributed by atoms with van der Waals surface area (Å²) >= 11 is 11.8. The third kappa shape index (κ3) is 3.77. The highest BCUT2D eigenvalue weighted by atomic mass is 35.5. The molecule has 20 heavy (non-hydrogen) atoms. The van der Waals surface area contributed by atoms with Gasteiger partial charge in [0, 0.05) is 48.8 Å². The van der Waals surface area contributed by atoms with Crippen LogP contribution in [0.2, 0.25) is 10.0 Å². The lowest BCUT2D eigenvalue weighted by molar-refractivity contribution is -0.130. The SMILES string of the molecule is CC(=O)N1CCN(C(=O)Nc2cc(Cl)cc(Cl)c2)CC1. The number of urea groups is 1. The molecule has 1 fully saturated rings. The summed E-state index contributed by atoms with van der Waals surface area (Å²) in [7, 11) is 0. The number of nitrogens with zero attached hydrogens (tertiary/aromatic N) is 2. The number of anilines is 1. The molecule has 0 radical (unpaired) electrons. The number of carbonyl (C=O) groups is 2. The molecule has 3 amide bonds. The Balaban J connectivity index is 1.94. The lowest BCUT2D eigenvalue weighted by Crippen LogP contribution is -2.51. The monoisotopic (exact) mass is 315 g/mol. The molecule has 1 N–H and O–H groups in total. The summed E-state index contributed by atoms with van der Waals surface area (Å²) < 4.78 is 0. The number of nitrogens with one attached hydrogen (secondary N) is 1. The van der Waals surface area contributed by atoms with Gasteiger partial charge in [0.1, 0.15) is 0 Å². The first-order chi connectivity index (χ1) is 9.45. The van der Waals surface area contributed by atoms with Crippen molar-refractivity contribution in [3.63, 3.8) is 0 Å². The minimum absolute atomic E-state index is 0.0340. The van der Waals surface area contributed by atoms with E-state index in [9.17, 15) is 9.59 Å². The standard InChI is InChI=1S/C13H15Cl2N3O2/c1-9(19)17-2-4-18(5-3-17)13(20)16-12-7-10(14)6-11(15)8-12/h6-8H,2-5H2,1H3,(H,16,20). The van der Waals surface area contributed by atoms with Crippen LogP contribution in [0, 0.1) is 0 Å². The van der Waals surface area contributed by atoms with Crippen LogP contribution in [-0.2, 0) is 4.79 Å². The number of benzene rings is 1. The van der Waals surface area contributed by atoms with Crippen LogP contribution in [0.15, 0.2) is 18.2 Å². The smallest absolute Gasteiger partial charge is 0.321 e. The van der Waals surface area contributed by atoms with E-state index < -0.39 is 0 Å². The second-order valence-electron chi connectivity index (χ2n) is 4.58. The van der Waals surface area contributed by atoms with Crippen LogP contribution < -0.4 is 5.32 Å². The van der Waals surface area contributed by atoms with Gasteiger partial charge in [-0.2, -0.15) is 0 Å². The van der Waals surface area contributed by atoms with Crippen molar-refractivity contribution in [1.82, 2.24) is 9.80 Å². The third-order valence-corrected chi connectivity index (χ3v) is 3.56. The van der Waals surface area contributed by atoms with Crippen LogP contribution in [0.3, 0.4) is 0 Å². The fourth-order valence-electron chi connectivity index (χ4n) is 2.05. The van der Waals surface area contributed by atoms with Gasteiger partial charge in [0.25, 0.3) is 0 Å². The number of piperazine rings is 1. The Kier molecular flexibility index (Phi) is 4.73. The predicted molar refractivity (Wildman–Crippen MR) is 79.3 cm³/mol. The van der Waals surface area contributed by atoms with E-state index in [1.807, 2.05) is 0 Å². The van der Waals surface area contributed by atoms with Crippen LogP contribution in [-0.4, -0.2) is 47.9 Å². The molecule has 1 aromatic carbocycles. The van der Waals surface area contributed by atoms with E-state index in [0.29, 0.717) is 41.9 Å². The van der Waals surface area contributed by atoms with Crippen LogP contribution >= 0.6 is 23.2 Å². The molecule has 0 atom stereocenters. The molecule has 1 aliphatic rings. The number of hydrogen-bond donors (Lipinski definition) is 1. The normalized spacial score (nSPS) is 15.2. The van der Waals surface area contributed by atoms with Crippen LogP contribution in [0.1, 0.15) is 6.92 Å². The van der Waals surface area contributed by atoms with Gasteiger partial charge < -0.3 is 15.1 Å². The summed E-state index contributed by atoms with van der Waals surface area (Å²) in [5.74, 6) is 0.0340. The molecule has 1 heterocycles. The Bertz CT molecular complexity index is 508. The summed E-state index contributed by atoms with van der Waals surface area (Å²) in [6.07, 6.45) is 0. The summed E-state index contributed by atoms with van der Waals surface area (Å²) in [6.45, 7) is 3.67. The third-order valence-electron chi connectivity index (χ3n) is 3.13. The maximum atomic E-state index is 12.1. The first-order valence-electron chi connectivity index (χ1n) is 6.23. The van der Waals surface area contributed by atoms with Crippen molar-refractivity contribution in [2.45, 2.75) is 6.92 Å². The number of halogens is 2. The molecule has 1 aromatic rings. The molecule has 0 spiro atoms. The van der Waals surface area contributed by atoms with Crippen molar-refractivity contribution in [2.75, 3.05) is 31.5 Å². The summed E-state index contributed by atoms with van der Waals surface area (Å²) in [4.78, 5) is 26.7. The second-order valence-corrected chi connectivity index (χ2v) is 5.45. The fourth-order valence-corrected chi connectivity index (χ4v) is 2.58. The topological polar surface area (TPSA) is 52.7 Å². The Morgan fingerprint density at radius 3 is 2.00 bits per heavy atom. The first-order valence-corrected chi connectivity index (χ1v) is 6.99. The zero-order valence-corrected chi connectivity index (χ0v) is 12.5. The number of rotatable bonds is 1. The van der Waals surface area contributed by atoms with E-state index in [0.717, 1.165) is 0 Å². The molecule has 5 nitrogen and oxygen atoms in total. The van der Waals surface area contributed by atoms with Crippen molar-refractivity contribution in [3.8, 4) is 0 Å². The molecule has 7 heteroatoms. The number of hydrogen-bond acceptors (Lipinski definition) is 2. The van der Waals surface area contributed by atoms with Crippen LogP contribution in [0.25, 0.3) is 0 Å². The molecule has 0 bridgehead atoms. The average molecular weight is 316 g/mol. The minimum Gasteiger partial charge on any atom is -0.339 e. The molecule has 1 aliphatic heterocycles. The van der Waals surface area contributed by atoms with E-state index >= 15 is 0 Å². The zero-order valence-electron chi connectivity index (χ0n) is 11.0. The van der Waals surface area contributed by atoms with Gasteiger partial charge in [-0.3, -0.25) is 4.79 Å². The number of amides is 3. The lowest BCUT2D eigenvalue weighted by atomic mass is 10.3. The predicted octanol–water partition coefficient (Wildman–Crippen LogP) is 2.69. The first kappa shape index (κ1) is 14.9. The van der Waals surface area contributed by atoms with E-state index in [1.54, 1.807) is 28.0 Å². The Morgan fingerprint density at radius 1 is 1.00 bits per heavy atom. The number of carbonyl (C=O) groups excluding carboxylic acids is 2. The van der Waals surface area contributed by atoms with Crippen molar-refractivity contribution < 1.29 is 9.59 Å². The lowest BCUT2D eigenvalue weighted by Gasteiger charge is -2.34. The Hall–Kier alpha value is -1.46. The van der Waals surface area contributed by atoms with Gasteiger partial charge in [0.05, 0.1) is 0 Å². The molecule has 0 unspecified atom stereocenters. The quantitative estimate of drug-likeness (QED) is 0.866. The molecule has 0 aliphatic carbocycles. The van der Waals surface area contributed by atoms with Gasteiger partial charge in [-0.05, 0) is 18.2 Å². The van der Waals surface area contributed by atoms with Crippen LogP contribution in [0.5, 0.6) is 0 Å². The molecule has 1 saturated heterocycles. The minimum atomic E-state index is -0.216. The summed E-state index contributed by atoms with van der Waals surface area (Å²) in [6, 6.07) is 4.66. The van der Waals surface area contributed by atoms with Gasteiger partial charge in [0.15, 0.2) is 0 Å². The van der Waals surface area contributed by atoms with E-state index in [-0.39, 0.29) is 11.9 Å². The maximum absolute atomic E-state index is 12.1. The van der Waals surface area contributed by atoms with Gasteiger partial charge >= 0.3 is 6.03 Å². The molecule has 0 saturated carbocycles. The highest BCUT2D eigenvalue weighted by Gasteiger charge is 2.22. The van der Waals surface area contributed by atoms with Gasteiger partial charge in [-0.25, -0.2) is 4.79 Å². The summed E-state index contributed by atoms with van der Waals surface area (Å²) in [5, 5.41) is 3.69. The van der Waals surface area contributed by atoms with Gasteiger partial charge in [0.2, 0.25) is 5.91 Å². The summed E-state index contributed by atoms with van der Waals surface area (Å²) in [5.41, 5.74) is 0.557.